The predicted octanol–water partition coefficient (Wildman–Crippen LogP) is 3.20. The van der Waals surface area contributed by atoms with Crippen LogP contribution in [-0.4, -0.2) is 43.5 Å². The first kappa shape index (κ1) is 19.9. The van der Waals surface area contributed by atoms with E-state index in [0.717, 1.165) is 22.6 Å². The van der Waals surface area contributed by atoms with Gasteiger partial charge in [-0.3, -0.25) is 14.5 Å². The molecule has 2 amide bonds. The van der Waals surface area contributed by atoms with E-state index in [-0.39, 0.29) is 30.8 Å². The molecule has 28 heavy (non-hydrogen) atoms. The smallest absolute Gasteiger partial charge is 0.241 e. The summed E-state index contributed by atoms with van der Waals surface area (Å²) in [6, 6.07) is 13.3. The molecule has 6 nitrogen and oxygen atoms in total. The van der Waals surface area contributed by atoms with Gasteiger partial charge in [-0.25, -0.2) is 0 Å². The van der Waals surface area contributed by atoms with E-state index in [1.54, 1.807) is 12.0 Å². The van der Waals surface area contributed by atoms with Crippen LogP contribution in [0.4, 0.5) is 11.4 Å². The summed E-state index contributed by atoms with van der Waals surface area (Å²) in [5.41, 5.74) is 3.61. The lowest BCUT2D eigenvalue weighted by atomic mass is 10.1. The third-order valence-corrected chi connectivity index (χ3v) is 4.91. The van der Waals surface area contributed by atoms with Crippen LogP contribution in [0.2, 0.25) is 0 Å². The molecule has 0 fully saturated rings. The van der Waals surface area contributed by atoms with Gasteiger partial charge in [0, 0.05) is 24.6 Å². The van der Waals surface area contributed by atoms with Crippen LogP contribution < -0.4 is 15.0 Å². The fourth-order valence-electron chi connectivity index (χ4n) is 3.65. The number of methoxy groups -OCH3 is 1. The largest absolute Gasteiger partial charge is 0.496 e. The van der Waals surface area contributed by atoms with Gasteiger partial charge in [0.25, 0.3) is 0 Å². The molecule has 3 rings (SSSR count). The molecule has 1 N–H and O–H groups in total. The number of rotatable bonds is 5. The second kappa shape index (κ2) is 8.44. The summed E-state index contributed by atoms with van der Waals surface area (Å²) in [6.07, 6.45) is 0.274. The van der Waals surface area contributed by atoms with Crippen molar-refractivity contribution in [1.29, 1.82) is 0 Å². The fourth-order valence-corrected chi connectivity index (χ4v) is 3.65. The van der Waals surface area contributed by atoms with Crippen molar-refractivity contribution in [2.24, 2.45) is 0 Å². The van der Waals surface area contributed by atoms with E-state index in [1.165, 1.54) is 0 Å². The van der Waals surface area contributed by atoms with E-state index < -0.39 is 0 Å². The topological polar surface area (TPSA) is 61.9 Å². The van der Waals surface area contributed by atoms with Crippen molar-refractivity contribution in [3.05, 3.63) is 53.6 Å². The van der Waals surface area contributed by atoms with E-state index in [4.69, 9.17) is 4.74 Å². The van der Waals surface area contributed by atoms with Gasteiger partial charge in [0.1, 0.15) is 5.75 Å². The van der Waals surface area contributed by atoms with Crippen molar-refractivity contribution in [3.63, 3.8) is 0 Å². The van der Waals surface area contributed by atoms with Crippen LogP contribution in [0.5, 0.6) is 5.75 Å². The summed E-state index contributed by atoms with van der Waals surface area (Å²) in [7, 11) is 3.57. The molecule has 6 heteroatoms. The Morgan fingerprint density at radius 1 is 1.29 bits per heavy atom. The summed E-state index contributed by atoms with van der Waals surface area (Å²) >= 11 is 0. The molecule has 0 saturated heterocycles. The molecule has 1 atom stereocenters. The van der Waals surface area contributed by atoms with Gasteiger partial charge in [0.15, 0.2) is 0 Å². The third-order valence-electron chi connectivity index (χ3n) is 4.91. The minimum absolute atomic E-state index is 0.0365. The Morgan fingerprint density at radius 3 is 2.79 bits per heavy atom. The minimum atomic E-state index is -0.210. The summed E-state index contributed by atoms with van der Waals surface area (Å²) in [5, 5.41) is 2.89. The van der Waals surface area contributed by atoms with Gasteiger partial charge in [-0.2, -0.15) is 0 Å². The maximum atomic E-state index is 13.2. The SMILES string of the molecule is COc1ccc(C)cc1CN(C)CC(=O)N1c2ccccc2NC(=O)C[C@H]1C. The Hall–Kier alpha value is -2.86. The van der Waals surface area contributed by atoms with Crippen molar-refractivity contribution in [2.75, 3.05) is 30.9 Å². The molecule has 0 spiro atoms. The predicted molar refractivity (Wildman–Crippen MR) is 111 cm³/mol. The number of hydrogen-bond donors (Lipinski definition) is 1. The van der Waals surface area contributed by atoms with Crippen LogP contribution in [0.25, 0.3) is 0 Å². The number of amides is 2. The van der Waals surface area contributed by atoms with E-state index in [0.29, 0.717) is 12.2 Å². The van der Waals surface area contributed by atoms with Gasteiger partial charge in [-0.1, -0.05) is 29.8 Å². The maximum Gasteiger partial charge on any atom is 0.241 e. The first-order valence-corrected chi connectivity index (χ1v) is 9.42. The number of ether oxygens (including phenoxy) is 1. The molecule has 2 aromatic carbocycles. The quantitative estimate of drug-likeness (QED) is 0.864. The first-order valence-electron chi connectivity index (χ1n) is 9.42. The molecule has 2 aromatic rings. The highest BCUT2D eigenvalue weighted by Gasteiger charge is 2.29. The Morgan fingerprint density at radius 2 is 2.04 bits per heavy atom. The number of nitrogens with zero attached hydrogens (tertiary/aromatic N) is 2. The lowest BCUT2D eigenvalue weighted by Gasteiger charge is -2.30. The summed E-state index contributed by atoms with van der Waals surface area (Å²) in [4.78, 5) is 29.0. The zero-order valence-corrected chi connectivity index (χ0v) is 16.9. The van der Waals surface area contributed by atoms with Gasteiger partial charge in [0.05, 0.1) is 25.0 Å². The van der Waals surface area contributed by atoms with E-state index in [2.05, 4.69) is 11.4 Å². The number of likely N-dealkylation sites (N-methyl/N-ethyl adjacent to an activating group) is 1. The van der Waals surface area contributed by atoms with E-state index in [1.807, 2.05) is 62.2 Å². The number of benzene rings is 2. The molecule has 1 aliphatic rings. The van der Waals surface area contributed by atoms with Gasteiger partial charge in [-0.15, -0.1) is 0 Å². The van der Waals surface area contributed by atoms with Crippen LogP contribution in [0.3, 0.4) is 0 Å². The Bertz CT molecular complexity index is 881. The molecule has 1 heterocycles. The second-order valence-corrected chi connectivity index (χ2v) is 7.37. The lowest BCUT2D eigenvalue weighted by molar-refractivity contribution is -0.120. The van der Waals surface area contributed by atoms with E-state index >= 15 is 0 Å². The highest BCUT2D eigenvalue weighted by Crippen LogP contribution is 2.31. The van der Waals surface area contributed by atoms with Crippen LogP contribution in [-0.2, 0) is 16.1 Å². The van der Waals surface area contributed by atoms with E-state index in [9.17, 15) is 9.59 Å². The minimum Gasteiger partial charge on any atom is -0.496 e. The maximum absolute atomic E-state index is 13.2. The van der Waals surface area contributed by atoms with Crippen molar-refractivity contribution >= 4 is 23.2 Å². The zero-order chi connectivity index (χ0) is 20.3. The number of nitrogens with one attached hydrogen (secondary N) is 1. The lowest BCUT2D eigenvalue weighted by Crippen LogP contribution is -2.44. The first-order chi connectivity index (χ1) is 13.4. The molecule has 0 unspecified atom stereocenters. The van der Waals surface area contributed by atoms with Crippen molar-refractivity contribution < 1.29 is 14.3 Å². The summed E-state index contributed by atoms with van der Waals surface area (Å²) in [6.45, 7) is 4.78. The number of hydrogen-bond acceptors (Lipinski definition) is 4. The third kappa shape index (κ3) is 4.34. The number of para-hydroxylation sites is 2. The molecular weight excluding hydrogens is 354 g/mol. The summed E-state index contributed by atoms with van der Waals surface area (Å²) in [5.74, 6) is 0.701. The van der Waals surface area contributed by atoms with Gasteiger partial charge < -0.3 is 15.0 Å². The fraction of sp³-hybridized carbons (Fsp3) is 0.364. The zero-order valence-electron chi connectivity index (χ0n) is 16.9. The van der Waals surface area contributed by atoms with Crippen LogP contribution >= 0.6 is 0 Å². The molecule has 0 bridgehead atoms. The van der Waals surface area contributed by atoms with Gasteiger partial charge >= 0.3 is 0 Å². The second-order valence-electron chi connectivity index (χ2n) is 7.37. The molecule has 0 saturated carbocycles. The highest BCUT2D eigenvalue weighted by atomic mass is 16.5. The number of carbonyl (C=O) groups is 2. The molecule has 0 radical (unpaired) electrons. The number of fused-ring (bicyclic) bond motifs is 1. The Labute approximate surface area is 166 Å². The molecule has 1 aliphatic heterocycles. The van der Waals surface area contributed by atoms with Crippen LogP contribution in [0, 0.1) is 6.92 Å². The normalized spacial score (nSPS) is 16.4. The van der Waals surface area contributed by atoms with Gasteiger partial charge in [-0.05, 0) is 39.1 Å². The van der Waals surface area contributed by atoms with Crippen molar-refractivity contribution in [2.45, 2.75) is 32.9 Å². The number of anilines is 2. The Balaban J connectivity index is 1.78. The molecule has 0 aromatic heterocycles. The van der Waals surface area contributed by atoms with Crippen LogP contribution in [0.15, 0.2) is 42.5 Å². The standard InChI is InChI=1S/C22H27N3O3/c1-15-9-10-20(28-4)17(11-15)13-24(3)14-22(27)25-16(2)12-21(26)23-18-7-5-6-8-19(18)25/h5-11,16H,12-14H2,1-4H3,(H,23,26)/t16-/m1/s1. The molecule has 148 valence electrons. The Kier molecular flexibility index (Phi) is 5.99. The molecule has 0 aliphatic carbocycles. The van der Waals surface area contributed by atoms with Crippen molar-refractivity contribution in [1.82, 2.24) is 4.90 Å². The molecular formula is C22H27N3O3. The average molecular weight is 381 g/mol. The number of aryl methyl sites for hydroxylation is 1. The summed E-state index contributed by atoms with van der Waals surface area (Å²) < 4.78 is 5.45. The monoisotopic (exact) mass is 381 g/mol. The van der Waals surface area contributed by atoms with Crippen LogP contribution in [0.1, 0.15) is 24.5 Å². The number of carbonyl (C=O) groups excluding carboxylic acids is 2. The highest BCUT2D eigenvalue weighted by molar-refractivity contribution is 6.04. The van der Waals surface area contributed by atoms with Gasteiger partial charge in [0.2, 0.25) is 11.8 Å². The van der Waals surface area contributed by atoms with Crippen molar-refractivity contribution in [3.8, 4) is 5.75 Å². The average Bonchev–Trinajstić information content (AvgIpc) is 2.75.